The quantitative estimate of drug-likeness (QED) is 0.581. The van der Waals surface area contributed by atoms with Crippen molar-refractivity contribution in [3.8, 4) is 0 Å². The van der Waals surface area contributed by atoms with Crippen LogP contribution in [0.2, 0.25) is 0 Å². The van der Waals surface area contributed by atoms with Crippen LogP contribution in [0.3, 0.4) is 0 Å². The molecule has 1 N–H and O–H groups in total. The van der Waals surface area contributed by atoms with Crippen molar-refractivity contribution in [1.29, 1.82) is 0 Å². The Balaban J connectivity index is 1.91. The largest absolute Gasteiger partial charge is 0.379 e. The van der Waals surface area contributed by atoms with Crippen LogP contribution in [0.5, 0.6) is 0 Å². The lowest BCUT2D eigenvalue weighted by Crippen LogP contribution is -2.40. The normalized spacial score (nSPS) is 19.0. The number of ether oxygens (including phenoxy) is 1. The molecule has 3 rings (SSSR count). The summed E-state index contributed by atoms with van der Waals surface area (Å²) in [5, 5.41) is 2.85. The molecule has 8 heteroatoms. The third-order valence-electron chi connectivity index (χ3n) is 4.83. The number of amides is 1. The van der Waals surface area contributed by atoms with Gasteiger partial charge in [0.1, 0.15) is 0 Å². The Bertz CT molecular complexity index is 852. The van der Waals surface area contributed by atoms with Crippen molar-refractivity contribution in [3.05, 3.63) is 42.5 Å². The van der Waals surface area contributed by atoms with E-state index >= 15 is 0 Å². The lowest BCUT2D eigenvalue weighted by Gasteiger charge is -2.27. The van der Waals surface area contributed by atoms with Gasteiger partial charge in [0.2, 0.25) is 15.9 Å². The van der Waals surface area contributed by atoms with E-state index in [1.807, 2.05) is 13.0 Å². The predicted molar refractivity (Wildman–Crippen MR) is 110 cm³/mol. The number of morpholine rings is 1. The molecule has 152 valence electrons. The molecule has 0 bridgehead atoms. The molecule has 0 spiro atoms. The molecule has 1 amide bonds. The highest BCUT2D eigenvalue weighted by molar-refractivity contribution is 7.89. The fourth-order valence-electron chi connectivity index (χ4n) is 3.37. The van der Waals surface area contributed by atoms with Crippen LogP contribution in [-0.2, 0) is 19.6 Å². The zero-order valence-corrected chi connectivity index (χ0v) is 17.0. The first-order valence-electron chi connectivity index (χ1n) is 9.59. The molecule has 0 aromatic heterocycles. The zero-order chi connectivity index (χ0) is 20.0. The number of hydrogen-bond acceptors (Lipinski definition) is 5. The Kier molecular flexibility index (Phi) is 6.88. The van der Waals surface area contributed by atoms with Crippen LogP contribution in [0.15, 0.2) is 47.4 Å². The first-order chi connectivity index (χ1) is 13.5. The van der Waals surface area contributed by atoms with Gasteiger partial charge in [0, 0.05) is 32.3 Å². The molecule has 7 nitrogen and oxygen atoms in total. The van der Waals surface area contributed by atoms with Crippen LogP contribution in [0.4, 0.5) is 11.4 Å². The number of sulfonamides is 1. The van der Waals surface area contributed by atoms with Crippen LogP contribution in [0.25, 0.3) is 0 Å². The van der Waals surface area contributed by atoms with E-state index in [1.54, 1.807) is 30.4 Å². The number of nitrogens with zero attached hydrogens (tertiary/aromatic N) is 2. The van der Waals surface area contributed by atoms with Crippen LogP contribution >= 0.6 is 0 Å². The van der Waals surface area contributed by atoms with Crippen LogP contribution in [0.1, 0.15) is 19.8 Å². The predicted octanol–water partition coefficient (Wildman–Crippen LogP) is 2.38. The minimum absolute atomic E-state index is 0.185. The van der Waals surface area contributed by atoms with Gasteiger partial charge >= 0.3 is 0 Å². The SMILES string of the molecule is CC=CC=CC(=O)Nc1cc(S(=O)(=O)N2CCOCC2)ccc1N1CCCC1. The average molecular weight is 406 g/mol. The fourth-order valence-corrected chi connectivity index (χ4v) is 4.81. The zero-order valence-electron chi connectivity index (χ0n) is 16.1. The standard InChI is InChI=1S/C20H27N3O4S/c1-2-3-4-7-20(24)21-18-16-17(8-9-19(18)22-10-5-6-11-22)28(25,26)23-12-14-27-15-13-23/h2-4,7-9,16H,5-6,10-15H2,1H3,(H,21,24). The second-order valence-corrected chi connectivity index (χ2v) is 8.70. The van der Waals surface area contributed by atoms with Gasteiger partial charge < -0.3 is 15.0 Å². The van der Waals surface area contributed by atoms with E-state index in [0.717, 1.165) is 31.6 Å². The van der Waals surface area contributed by atoms with Crippen molar-refractivity contribution in [3.63, 3.8) is 0 Å². The maximum absolute atomic E-state index is 13.0. The van der Waals surface area contributed by atoms with Gasteiger partial charge in [-0.3, -0.25) is 4.79 Å². The first-order valence-corrected chi connectivity index (χ1v) is 11.0. The second kappa shape index (κ2) is 9.36. The molecule has 0 saturated carbocycles. The molecular weight excluding hydrogens is 378 g/mol. The van der Waals surface area contributed by atoms with Crippen LogP contribution in [0, 0.1) is 0 Å². The van der Waals surface area contributed by atoms with E-state index in [4.69, 9.17) is 4.74 Å². The highest BCUT2D eigenvalue weighted by Gasteiger charge is 2.28. The summed E-state index contributed by atoms with van der Waals surface area (Å²) in [5.41, 5.74) is 1.37. The number of carbonyl (C=O) groups excluding carboxylic acids is 1. The Morgan fingerprint density at radius 2 is 1.82 bits per heavy atom. The van der Waals surface area contributed by atoms with E-state index < -0.39 is 10.0 Å². The smallest absolute Gasteiger partial charge is 0.248 e. The number of anilines is 2. The maximum Gasteiger partial charge on any atom is 0.248 e. The summed E-state index contributed by atoms with van der Waals surface area (Å²) in [6.45, 7) is 5.12. The number of hydrogen-bond donors (Lipinski definition) is 1. The Morgan fingerprint density at radius 3 is 2.50 bits per heavy atom. The summed E-state index contributed by atoms with van der Waals surface area (Å²) in [7, 11) is -3.63. The van der Waals surface area contributed by atoms with Gasteiger partial charge in [-0.25, -0.2) is 8.42 Å². The number of allylic oxidation sites excluding steroid dienone is 3. The topological polar surface area (TPSA) is 79.0 Å². The molecule has 1 aromatic carbocycles. The van der Waals surface area contributed by atoms with Crippen LogP contribution < -0.4 is 10.2 Å². The average Bonchev–Trinajstić information content (AvgIpc) is 3.23. The molecule has 1 aromatic rings. The van der Waals surface area contributed by atoms with Gasteiger partial charge in [0.25, 0.3) is 0 Å². The first kappa shape index (κ1) is 20.6. The molecule has 0 aliphatic carbocycles. The van der Waals surface area contributed by atoms with Gasteiger partial charge in [-0.1, -0.05) is 18.2 Å². The summed E-state index contributed by atoms with van der Waals surface area (Å²) in [6, 6.07) is 4.99. The summed E-state index contributed by atoms with van der Waals surface area (Å²) in [5.74, 6) is -0.292. The lowest BCUT2D eigenvalue weighted by molar-refractivity contribution is -0.111. The summed E-state index contributed by atoms with van der Waals surface area (Å²) in [6.07, 6.45) is 8.84. The van der Waals surface area contributed by atoms with E-state index in [0.29, 0.717) is 32.0 Å². The molecular formula is C20H27N3O4S. The maximum atomic E-state index is 13.0. The summed E-state index contributed by atoms with van der Waals surface area (Å²) >= 11 is 0. The van der Waals surface area contributed by atoms with Gasteiger partial charge in [-0.15, -0.1) is 0 Å². The fraction of sp³-hybridized carbons (Fsp3) is 0.450. The van der Waals surface area contributed by atoms with E-state index in [2.05, 4.69) is 10.2 Å². The summed E-state index contributed by atoms with van der Waals surface area (Å²) < 4.78 is 32.7. The van der Waals surface area contributed by atoms with E-state index in [-0.39, 0.29) is 10.8 Å². The number of benzene rings is 1. The minimum Gasteiger partial charge on any atom is -0.379 e. The van der Waals surface area contributed by atoms with Crippen molar-refractivity contribution in [2.24, 2.45) is 0 Å². The number of rotatable bonds is 6. The molecule has 2 aliphatic heterocycles. The molecule has 0 unspecified atom stereocenters. The van der Waals surface area contributed by atoms with Gasteiger partial charge in [-0.05, 0) is 38.0 Å². The molecule has 0 atom stereocenters. The van der Waals surface area contributed by atoms with E-state index in [1.165, 1.54) is 10.4 Å². The Hall–Kier alpha value is -2.16. The molecule has 2 fully saturated rings. The second-order valence-electron chi connectivity index (χ2n) is 6.76. The minimum atomic E-state index is -3.63. The monoisotopic (exact) mass is 405 g/mol. The molecule has 2 saturated heterocycles. The lowest BCUT2D eigenvalue weighted by atomic mass is 10.2. The number of nitrogens with one attached hydrogen (secondary N) is 1. The highest BCUT2D eigenvalue weighted by atomic mass is 32.2. The molecule has 28 heavy (non-hydrogen) atoms. The van der Waals surface area contributed by atoms with Crippen molar-refractivity contribution >= 4 is 27.3 Å². The molecule has 0 radical (unpaired) electrons. The third-order valence-corrected chi connectivity index (χ3v) is 6.73. The van der Waals surface area contributed by atoms with Gasteiger partial charge in [-0.2, -0.15) is 4.31 Å². The Labute approximate surface area is 166 Å². The summed E-state index contributed by atoms with van der Waals surface area (Å²) in [4.78, 5) is 14.7. The Morgan fingerprint density at radius 1 is 1.11 bits per heavy atom. The highest BCUT2D eigenvalue weighted by Crippen LogP contribution is 2.32. The third kappa shape index (κ3) is 4.81. The van der Waals surface area contributed by atoms with Gasteiger partial charge in [0.05, 0.1) is 29.5 Å². The van der Waals surface area contributed by atoms with Crippen molar-refractivity contribution < 1.29 is 17.9 Å². The van der Waals surface area contributed by atoms with Crippen molar-refractivity contribution in [1.82, 2.24) is 4.31 Å². The molecule has 2 heterocycles. The van der Waals surface area contributed by atoms with Crippen molar-refractivity contribution in [2.45, 2.75) is 24.7 Å². The molecule has 2 aliphatic rings. The van der Waals surface area contributed by atoms with Crippen molar-refractivity contribution in [2.75, 3.05) is 49.6 Å². The number of carbonyl (C=O) groups is 1. The van der Waals surface area contributed by atoms with E-state index in [9.17, 15) is 13.2 Å². The van der Waals surface area contributed by atoms with Gasteiger partial charge in [0.15, 0.2) is 0 Å². The van der Waals surface area contributed by atoms with Crippen LogP contribution in [-0.4, -0.2) is 58.0 Å².